The second-order valence-electron chi connectivity index (χ2n) is 4.07. The fraction of sp³-hybridized carbons (Fsp3) is 0.636. The average Bonchev–Trinajstić information content (AvgIpc) is 2.89. The Kier molecular flexibility index (Phi) is 3.77. The Labute approximate surface area is 89.7 Å². The van der Waals surface area contributed by atoms with Gasteiger partial charge in [0.25, 0.3) is 0 Å². The third-order valence-corrected chi connectivity index (χ3v) is 2.87. The fourth-order valence-corrected chi connectivity index (χ4v) is 2.05. The van der Waals surface area contributed by atoms with E-state index in [1.807, 2.05) is 6.07 Å². The minimum atomic E-state index is 0.269. The lowest BCUT2D eigenvalue weighted by Crippen LogP contribution is -2.39. The van der Waals surface area contributed by atoms with Crippen LogP contribution in [0.1, 0.15) is 24.8 Å². The van der Waals surface area contributed by atoms with Crippen molar-refractivity contribution in [3.8, 4) is 0 Å². The van der Waals surface area contributed by atoms with Gasteiger partial charge in [-0.15, -0.1) is 0 Å². The van der Waals surface area contributed by atoms with Crippen LogP contribution in [0.25, 0.3) is 0 Å². The molecular formula is C11H18N2O2. The number of hydrogen-bond donors (Lipinski definition) is 2. The van der Waals surface area contributed by atoms with Crippen molar-refractivity contribution in [1.29, 1.82) is 0 Å². The van der Waals surface area contributed by atoms with Gasteiger partial charge in [0, 0.05) is 12.6 Å². The van der Waals surface area contributed by atoms with Gasteiger partial charge in [0.15, 0.2) is 0 Å². The van der Waals surface area contributed by atoms with Crippen molar-refractivity contribution in [2.75, 3.05) is 6.61 Å². The van der Waals surface area contributed by atoms with Gasteiger partial charge in [-0.05, 0) is 37.3 Å². The van der Waals surface area contributed by atoms with Gasteiger partial charge in [-0.1, -0.05) is 0 Å². The average molecular weight is 210 g/mol. The van der Waals surface area contributed by atoms with Gasteiger partial charge in [-0.3, -0.25) is 11.3 Å². The lowest BCUT2D eigenvalue weighted by atomic mass is 10.0. The number of furan rings is 1. The van der Waals surface area contributed by atoms with Crippen LogP contribution in [0.2, 0.25) is 0 Å². The second kappa shape index (κ2) is 5.30. The first-order chi connectivity index (χ1) is 7.38. The van der Waals surface area contributed by atoms with E-state index in [0.29, 0.717) is 6.10 Å². The van der Waals surface area contributed by atoms with E-state index in [9.17, 15) is 0 Å². The Balaban J connectivity index is 1.81. The normalized spacial score (nSPS) is 23.1. The van der Waals surface area contributed by atoms with Crippen LogP contribution in [0.5, 0.6) is 0 Å². The van der Waals surface area contributed by atoms with Crippen LogP contribution >= 0.6 is 0 Å². The third-order valence-electron chi connectivity index (χ3n) is 2.87. The minimum absolute atomic E-state index is 0.269. The van der Waals surface area contributed by atoms with E-state index in [1.54, 1.807) is 12.5 Å². The molecular weight excluding hydrogens is 192 g/mol. The summed E-state index contributed by atoms with van der Waals surface area (Å²) in [4.78, 5) is 0. The van der Waals surface area contributed by atoms with E-state index in [1.165, 1.54) is 12.0 Å². The molecule has 0 radical (unpaired) electrons. The van der Waals surface area contributed by atoms with Gasteiger partial charge in [-0.25, -0.2) is 0 Å². The smallest absolute Gasteiger partial charge is 0.0935 e. The van der Waals surface area contributed by atoms with Crippen molar-refractivity contribution < 1.29 is 9.15 Å². The van der Waals surface area contributed by atoms with Gasteiger partial charge < -0.3 is 9.15 Å². The number of hydrogen-bond acceptors (Lipinski definition) is 4. The molecule has 0 aromatic carbocycles. The molecule has 1 aromatic rings. The summed E-state index contributed by atoms with van der Waals surface area (Å²) in [6.45, 7) is 0.896. The maximum absolute atomic E-state index is 5.59. The molecule has 1 aliphatic rings. The van der Waals surface area contributed by atoms with E-state index in [2.05, 4.69) is 5.43 Å². The molecule has 2 heterocycles. The number of rotatable bonds is 5. The van der Waals surface area contributed by atoms with Crippen LogP contribution < -0.4 is 11.3 Å². The molecule has 84 valence electrons. The Bertz CT molecular complexity index is 268. The van der Waals surface area contributed by atoms with Crippen LogP contribution in [0, 0.1) is 0 Å². The molecule has 1 saturated heterocycles. The lowest BCUT2D eigenvalue weighted by molar-refractivity contribution is 0.0946. The summed E-state index contributed by atoms with van der Waals surface area (Å²) < 4.78 is 10.6. The number of hydrazine groups is 1. The van der Waals surface area contributed by atoms with Crippen molar-refractivity contribution in [1.82, 2.24) is 5.43 Å². The molecule has 1 aliphatic heterocycles. The standard InChI is InChI=1S/C11H18N2O2/c12-13-10(6-9-3-5-14-8-9)7-11-2-1-4-15-11/h3,5,8,10-11,13H,1-2,4,6-7,12H2. The molecule has 2 atom stereocenters. The SMILES string of the molecule is NNC(Cc1ccoc1)CC1CCCO1. The molecule has 0 bridgehead atoms. The molecule has 3 N–H and O–H groups in total. The first kappa shape index (κ1) is 10.7. The molecule has 1 fully saturated rings. The van der Waals surface area contributed by atoms with Crippen molar-refractivity contribution >= 4 is 0 Å². The monoisotopic (exact) mass is 210 g/mol. The molecule has 4 nitrogen and oxygen atoms in total. The van der Waals surface area contributed by atoms with Gasteiger partial charge in [0.05, 0.1) is 18.6 Å². The fourth-order valence-electron chi connectivity index (χ4n) is 2.05. The second-order valence-corrected chi connectivity index (χ2v) is 4.07. The molecule has 0 aliphatic carbocycles. The highest BCUT2D eigenvalue weighted by Gasteiger charge is 2.20. The summed E-state index contributed by atoms with van der Waals surface area (Å²) in [6.07, 6.45) is 8.03. The van der Waals surface area contributed by atoms with Gasteiger partial charge >= 0.3 is 0 Å². The number of nitrogens with two attached hydrogens (primary N) is 1. The summed E-state index contributed by atoms with van der Waals surface area (Å²) in [6, 6.07) is 2.24. The minimum Gasteiger partial charge on any atom is -0.472 e. The molecule has 2 rings (SSSR count). The van der Waals surface area contributed by atoms with Crippen LogP contribution in [0.4, 0.5) is 0 Å². The summed E-state index contributed by atoms with van der Waals surface area (Å²) in [5.41, 5.74) is 4.02. The van der Waals surface area contributed by atoms with Gasteiger partial charge in [0.2, 0.25) is 0 Å². The van der Waals surface area contributed by atoms with Gasteiger partial charge in [0.1, 0.15) is 0 Å². The molecule has 2 unspecified atom stereocenters. The molecule has 0 amide bonds. The third kappa shape index (κ3) is 3.06. The maximum atomic E-state index is 5.59. The van der Waals surface area contributed by atoms with Crippen molar-refractivity contribution in [2.45, 2.75) is 37.8 Å². The first-order valence-corrected chi connectivity index (χ1v) is 5.47. The van der Waals surface area contributed by atoms with Crippen LogP contribution in [0.3, 0.4) is 0 Å². The van der Waals surface area contributed by atoms with E-state index in [-0.39, 0.29) is 6.04 Å². The lowest BCUT2D eigenvalue weighted by Gasteiger charge is -2.18. The molecule has 4 heteroatoms. The predicted octanol–water partition coefficient (Wildman–Crippen LogP) is 1.22. The van der Waals surface area contributed by atoms with Crippen molar-refractivity contribution in [2.24, 2.45) is 5.84 Å². The zero-order valence-corrected chi connectivity index (χ0v) is 8.82. The van der Waals surface area contributed by atoms with Crippen LogP contribution in [0.15, 0.2) is 23.0 Å². The molecule has 15 heavy (non-hydrogen) atoms. The largest absolute Gasteiger partial charge is 0.472 e. The molecule has 0 saturated carbocycles. The number of ether oxygens (including phenoxy) is 1. The zero-order valence-electron chi connectivity index (χ0n) is 8.82. The number of nitrogens with one attached hydrogen (secondary N) is 1. The Morgan fingerprint density at radius 2 is 2.53 bits per heavy atom. The maximum Gasteiger partial charge on any atom is 0.0935 e. The van der Waals surface area contributed by atoms with Crippen molar-refractivity contribution in [3.63, 3.8) is 0 Å². The van der Waals surface area contributed by atoms with Crippen LogP contribution in [-0.4, -0.2) is 18.8 Å². The highest BCUT2D eigenvalue weighted by Crippen LogP contribution is 2.18. The molecule has 0 spiro atoms. The van der Waals surface area contributed by atoms with Crippen LogP contribution in [-0.2, 0) is 11.2 Å². The Hall–Kier alpha value is -0.840. The van der Waals surface area contributed by atoms with E-state index < -0.39 is 0 Å². The first-order valence-electron chi connectivity index (χ1n) is 5.47. The Morgan fingerprint density at radius 1 is 1.60 bits per heavy atom. The van der Waals surface area contributed by atoms with E-state index in [4.69, 9.17) is 15.0 Å². The predicted molar refractivity (Wildman–Crippen MR) is 57.1 cm³/mol. The van der Waals surface area contributed by atoms with E-state index >= 15 is 0 Å². The highest BCUT2D eigenvalue weighted by atomic mass is 16.5. The molecule has 1 aromatic heterocycles. The van der Waals surface area contributed by atoms with E-state index in [0.717, 1.165) is 25.9 Å². The topological polar surface area (TPSA) is 60.4 Å². The summed E-state index contributed by atoms with van der Waals surface area (Å²) in [5.74, 6) is 5.53. The van der Waals surface area contributed by atoms with Gasteiger partial charge in [-0.2, -0.15) is 0 Å². The Morgan fingerprint density at radius 3 is 3.13 bits per heavy atom. The van der Waals surface area contributed by atoms with Crippen molar-refractivity contribution in [3.05, 3.63) is 24.2 Å². The summed E-state index contributed by atoms with van der Waals surface area (Å²) >= 11 is 0. The zero-order chi connectivity index (χ0) is 10.5. The summed E-state index contributed by atoms with van der Waals surface area (Å²) in [7, 11) is 0. The highest BCUT2D eigenvalue weighted by molar-refractivity contribution is 5.07. The quantitative estimate of drug-likeness (QED) is 0.566. The summed E-state index contributed by atoms with van der Waals surface area (Å²) in [5, 5.41) is 0.